The van der Waals surface area contributed by atoms with E-state index in [9.17, 15) is 9.59 Å². The summed E-state index contributed by atoms with van der Waals surface area (Å²) in [5.74, 6) is 1.61. The predicted molar refractivity (Wildman–Crippen MR) is 142 cm³/mol. The Hall–Kier alpha value is -4.75. The Morgan fingerprint density at radius 1 is 0.639 bits per heavy atom. The summed E-state index contributed by atoms with van der Waals surface area (Å²) in [5, 5.41) is 2.62. The molecule has 0 aliphatic carbocycles. The third-order valence-electron chi connectivity index (χ3n) is 5.35. The molecule has 1 aliphatic heterocycles. The first-order chi connectivity index (χ1) is 17.6. The Morgan fingerprint density at radius 3 is 1.64 bits per heavy atom. The van der Waals surface area contributed by atoms with Gasteiger partial charge in [-0.05, 0) is 84.5 Å². The minimum Gasteiger partial charge on any atom is -0.457 e. The summed E-state index contributed by atoms with van der Waals surface area (Å²) < 4.78 is 11.6. The first kappa shape index (κ1) is 23.0. The number of nitrogens with zero attached hydrogens (tertiary/aromatic N) is 1. The minimum absolute atomic E-state index is 0.0190. The SMILES string of the molecule is O=C1NC(=S)N(c2ccc(Oc3ccccc3)cc2)C(=O)/C1=C/c1ccc(Oc2ccccc2)cc1. The standard InChI is InChI=1S/C29H20N2O4S/c32-27-26(19-20-11-15-24(16-12-20)34-22-7-3-1-4-8-22)28(33)31(29(36)30-27)21-13-17-25(18-14-21)35-23-9-5-2-6-10-23/h1-19H,(H,30,32,36)/b26-19+. The number of para-hydroxylation sites is 2. The van der Waals surface area contributed by atoms with Crippen molar-refractivity contribution in [3.05, 3.63) is 120 Å². The number of rotatable bonds is 6. The Morgan fingerprint density at radius 2 is 1.11 bits per heavy atom. The van der Waals surface area contributed by atoms with Crippen molar-refractivity contribution >= 4 is 40.9 Å². The molecule has 0 spiro atoms. The molecule has 5 rings (SSSR count). The highest BCUT2D eigenvalue weighted by molar-refractivity contribution is 7.80. The van der Waals surface area contributed by atoms with Gasteiger partial charge in [0.15, 0.2) is 5.11 Å². The second-order valence-corrected chi connectivity index (χ2v) is 8.24. The summed E-state index contributed by atoms with van der Waals surface area (Å²) in [6.45, 7) is 0. The first-order valence-corrected chi connectivity index (χ1v) is 11.5. The van der Waals surface area contributed by atoms with Gasteiger partial charge >= 0.3 is 0 Å². The van der Waals surface area contributed by atoms with E-state index in [-0.39, 0.29) is 10.7 Å². The fraction of sp³-hybridized carbons (Fsp3) is 0. The normalized spacial score (nSPS) is 14.5. The predicted octanol–water partition coefficient (Wildman–Crippen LogP) is 6.10. The van der Waals surface area contributed by atoms with Crippen LogP contribution in [0, 0.1) is 0 Å². The number of amides is 2. The molecule has 4 aromatic rings. The van der Waals surface area contributed by atoms with Gasteiger partial charge in [-0.1, -0.05) is 48.5 Å². The summed E-state index contributed by atoms with van der Waals surface area (Å²) in [4.78, 5) is 27.2. The van der Waals surface area contributed by atoms with E-state index in [2.05, 4.69) is 5.32 Å². The lowest BCUT2D eigenvalue weighted by Gasteiger charge is -2.29. The Balaban J connectivity index is 1.34. The monoisotopic (exact) mass is 492 g/mol. The highest BCUT2D eigenvalue weighted by atomic mass is 32.1. The largest absolute Gasteiger partial charge is 0.457 e. The quantitative estimate of drug-likeness (QED) is 0.200. The topological polar surface area (TPSA) is 67.9 Å². The van der Waals surface area contributed by atoms with Crippen LogP contribution in [0.5, 0.6) is 23.0 Å². The van der Waals surface area contributed by atoms with Crippen molar-refractivity contribution in [3.63, 3.8) is 0 Å². The van der Waals surface area contributed by atoms with Crippen LogP contribution in [0.2, 0.25) is 0 Å². The van der Waals surface area contributed by atoms with Crippen molar-refractivity contribution in [1.82, 2.24) is 5.32 Å². The molecule has 1 saturated heterocycles. The number of carbonyl (C=O) groups is 2. The van der Waals surface area contributed by atoms with E-state index in [1.165, 1.54) is 11.0 Å². The third-order valence-corrected chi connectivity index (χ3v) is 5.63. The van der Waals surface area contributed by atoms with Gasteiger partial charge in [0.1, 0.15) is 28.6 Å². The fourth-order valence-electron chi connectivity index (χ4n) is 3.60. The second-order valence-electron chi connectivity index (χ2n) is 7.85. The lowest BCUT2D eigenvalue weighted by molar-refractivity contribution is -0.122. The number of carbonyl (C=O) groups excluding carboxylic acids is 2. The smallest absolute Gasteiger partial charge is 0.270 e. The average Bonchev–Trinajstić information content (AvgIpc) is 2.90. The molecule has 0 aromatic heterocycles. The van der Waals surface area contributed by atoms with Gasteiger partial charge in [-0.15, -0.1) is 0 Å². The average molecular weight is 493 g/mol. The van der Waals surface area contributed by atoms with E-state index in [0.29, 0.717) is 28.5 Å². The fourth-order valence-corrected chi connectivity index (χ4v) is 3.88. The van der Waals surface area contributed by atoms with E-state index in [0.717, 1.165) is 5.75 Å². The van der Waals surface area contributed by atoms with Crippen molar-refractivity contribution in [2.45, 2.75) is 0 Å². The van der Waals surface area contributed by atoms with Gasteiger partial charge in [0, 0.05) is 0 Å². The maximum absolute atomic E-state index is 13.3. The van der Waals surface area contributed by atoms with Gasteiger partial charge in [0.25, 0.3) is 11.8 Å². The van der Waals surface area contributed by atoms with Crippen LogP contribution in [0.3, 0.4) is 0 Å². The molecule has 1 heterocycles. The molecule has 0 bridgehead atoms. The second kappa shape index (κ2) is 10.2. The van der Waals surface area contributed by atoms with Crippen molar-refractivity contribution in [3.8, 4) is 23.0 Å². The van der Waals surface area contributed by atoms with Crippen LogP contribution in [0.15, 0.2) is 115 Å². The summed E-state index contributed by atoms with van der Waals surface area (Å²) in [6.07, 6.45) is 1.53. The molecule has 1 fully saturated rings. The number of hydrogen-bond acceptors (Lipinski definition) is 5. The van der Waals surface area contributed by atoms with E-state index in [1.807, 2.05) is 60.7 Å². The van der Waals surface area contributed by atoms with Crippen molar-refractivity contribution in [2.75, 3.05) is 4.90 Å². The van der Waals surface area contributed by atoms with Gasteiger partial charge < -0.3 is 9.47 Å². The molecular weight excluding hydrogens is 472 g/mol. The first-order valence-electron chi connectivity index (χ1n) is 11.1. The molecule has 1 aliphatic rings. The molecular formula is C29H20N2O4S. The van der Waals surface area contributed by atoms with Crippen LogP contribution >= 0.6 is 12.2 Å². The van der Waals surface area contributed by atoms with Crippen LogP contribution in [0.1, 0.15) is 5.56 Å². The van der Waals surface area contributed by atoms with E-state index in [4.69, 9.17) is 21.7 Å². The summed E-state index contributed by atoms with van der Waals surface area (Å²) in [6, 6.07) is 32.8. The summed E-state index contributed by atoms with van der Waals surface area (Å²) >= 11 is 5.30. The van der Waals surface area contributed by atoms with E-state index in [1.54, 1.807) is 48.5 Å². The van der Waals surface area contributed by atoms with Crippen molar-refractivity contribution in [2.24, 2.45) is 0 Å². The van der Waals surface area contributed by atoms with E-state index < -0.39 is 11.8 Å². The van der Waals surface area contributed by atoms with E-state index >= 15 is 0 Å². The molecule has 0 saturated carbocycles. The highest BCUT2D eigenvalue weighted by Crippen LogP contribution is 2.27. The van der Waals surface area contributed by atoms with Crippen LogP contribution in [-0.2, 0) is 9.59 Å². The zero-order valence-corrected chi connectivity index (χ0v) is 19.8. The van der Waals surface area contributed by atoms with Crippen molar-refractivity contribution in [1.29, 1.82) is 0 Å². The maximum atomic E-state index is 13.3. The van der Waals surface area contributed by atoms with Gasteiger partial charge in [0.05, 0.1) is 5.69 Å². The van der Waals surface area contributed by atoms with Gasteiger partial charge in [0.2, 0.25) is 0 Å². The molecule has 36 heavy (non-hydrogen) atoms. The molecule has 0 atom stereocenters. The number of ether oxygens (including phenoxy) is 2. The maximum Gasteiger partial charge on any atom is 0.270 e. The van der Waals surface area contributed by atoms with Gasteiger partial charge in [-0.25, -0.2) is 0 Å². The number of anilines is 1. The molecule has 0 unspecified atom stereocenters. The number of thiocarbonyl (C=S) groups is 1. The lowest BCUT2D eigenvalue weighted by atomic mass is 10.1. The Labute approximate surface area is 213 Å². The Kier molecular flexibility index (Phi) is 6.55. The molecule has 6 nitrogen and oxygen atoms in total. The van der Waals surface area contributed by atoms with Crippen LogP contribution in [-0.4, -0.2) is 16.9 Å². The summed E-state index contributed by atoms with van der Waals surface area (Å²) in [7, 11) is 0. The zero-order valence-electron chi connectivity index (χ0n) is 19.0. The Bertz CT molecular complexity index is 1430. The van der Waals surface area contributed by atoms with Crippen LogP contribution in [0.4, 0.5) is 5.69 Å². The summed E-state index contributed by atoms with van der Waals surface area (Å²) in [5.41, 5.74) is 1.17. The highest BCUT2D eigenvalue weighted by Gasteiger charge is 2.34. The van der Waals surface area contributed by atoms with Crippen molar-refractivity contribution < 1.29 is 19.1 Å². The number of nitrogens with one attached hydrogen (secondary N) is 1. The zero-order chi connectivity index (χ0) is 24.9. The van der Waals surface area contributed by atoms with Crippen LogP contribution in [0.25, 0.3) is 6.08 Å². The van der Waals surface area contributed by atoms with Gasteiger partial charge in [-0.3, -0.25) is 19.8 Å². The molecule has 7 heteroatoms. The number of hydrogen-bond donors (Lipinski definition) is 1. The van der Waals surface area contributed by atoms with Crippen LogP contribution < -0.4 is 19.7 Å². The van der Waals surface area contributed by atoms with Gasteiger partial charge in [-0.2, -0.15) is 0 Å². The third kappa shape index (κ3) is 5.16. The number of benzene rings is 4. The molecule has 4 aromatic carbocycles. The lowest BCUT2D eigenvalue weighted by Crippen LogP contribution is -2.54. The molecule has 2 amide bonds. The molecule has 176 valence electrons. The molecule has 0 radical (unpaired) electrons. The molecule has 1 N–H and O–H groups in total. The minimum atomic E-state index is -0.546.